The van der Waals surface area contributed by atoms with Crippen LogP contribution in [0.15, 0.2) is 11.1 Å². The molecule has 2 aliphatic rings. The number of rotatable bonds is 7. The normalized spacial score (nSPS) is 21.1. The molecule has 0 saturated carbocycles. The smallest absolute Gasteiger partial charge is 0.193 e. The number of nitrogens with zero attached hydrogens (tertiary/aromatic N) is 4. The Kier molecular flexibility index (Phi) is 10.7. The maximum Gasteiger partial charge on any atom is 0.193 e. The SMILES string of the molecule is CN=C(NCCCn1nc(C)cc1C)N1CCC(OCC2CCCCO2)CC1.I. The Morgan fingerprint density at radius 1 is 1.28 bits per heavy atom. The van der Waals surface area contributed by atoms with Crippen LogP contribution in [0, 0.1) is 13.8 Å². The van der Waals surface area contributed by atoms with Gasteiger partial charge in [-0.2, -0.15) is 5.10 Å². The molecule has 1 N–H and O–H groups in total. The predicted octanol–water partition coefficient (Wildman–Crippen LogP) is 3.13. The average Bonchev–Trinajstić information content (AvgIpc) is 3.05. The van der Waals surface area contributed by atoms with Gasteiger partial charge in [0.15, 0.2) is 5.96 Å². The summed E-state index contributed by atoms with van der Waals surface area (Å²) in [6.45, 7) is 9.63. The molecule has 1 aromatic heterocycles. The molecule has 0 radical (unpaired) electrons. The summed E-state index contributed by atoms with van der Waals surface area (Å²) in [5.74, 6) is 1.00. The summed E-state index contributed by atoms with van der Waals surface area (Å²) in [7, 11) is 1.87. The molecule has 3 rings (SSSR count). The Balaban J connectivity index is 0.00000300. The van der Waals surface area contributed by atoms with Crippen LogP contribution in [0.3, 0.4) is 0 Å². The van der Waals surface area contributed by atoms with Crippen LogP contribution in [0.2, 0.25) is 0 Å². The van der Waals surface area contributed by atoms with Gasteiger partial charge in [0, 0.05) is 45.5 Å². The monoisotopic (exact) mass is 519 g/mol. The van der Waals surface area contributed by atoms with Crippen molar-refractivity contribution in [3.05, 3.63) is 17.5 Å². The van der Waals surface area contributed by atoms with Crippen LogP contribution in [0.4, 0.5) is 0 Å². The van der Waals surface area contributed by atoms with E-state index in [1.807, 2.05) is 14.0 Å². The molecule has 1 atom stereocenters. The molecule has 2 aliphatic heterocycles. The van der Waals surface area contributed by atoms with Gasteiger partial charge in [0.05, 0.1) is 24.5 Å². The van der Waals surface area contributed by atoms with E-state index in [-0.39, 0.29) is 24.0 Å². The highest BCUT2D eigenvalue weighted by molar-refractivity contribution is 14.0. The maximum absolute atomic E-state index is 6.12. The molecule has 0 amide bonds. The van der Waals surface area contributed by atoms with Gasteiger partial charge in [-0.1, -0.05) is 0 Å². The van der Waals surface area contributed by atoms with Gasteiger partial charge >= 0.3 is 0 Å². The molecule has 0 aliphatic carbocycles. The molecule has 2 fully saturated rings. The van der Waals surface area contributed by atoms with Gasteiger partial charge in [0.25, 0.3) is 0 Å². The fourth-order valence-corrected chi connectivity index (χ4v) is 4.08. The second-order valence-electron chi connectivity index (χ2n) is 7.99. The average molecular weight is 519 g/mol. The van der Waals surface area contributed by atoms with E-state index in [9.17, 15) is 0 Å². The Morgan fingerprint density at radius 2 is 2.07 bits per heavy atom. The lowest BCUT2D eigenvalue weighted by atomic mass is 10.1. The number of hydrogen-bond acceptors (Lipinski definition) is 4. The molecule has 0 spiro atoms. The second kappa shape index (κ2) is 12.7. The van der Waals surface area contributed by atoms with E-state index in [1.165, 1.54) is 18.5 Å². The number of piperidine rings is 1. The molecule has 3 heterocycles. The second-order valence-corrected chi connectivity index (χ2v) is 7.99. The van der Waals surface area contributed by atoms with Gasteiger partial charge in [-0.25, -0.2) is 0 Å². The van der Waals surface area contributed by atoms with E-state index < -0.39 is 0 Å². The summed E-state index contributed by atoms with van der Waals surface area (Å²) in [6, 6.07) is 2.12. The topological polar surface area (TPSA) is 63.9 Å². The van der Waals surface area contributed by atoms with Crippen LogP contribution in [0.5, 0.6) is 0 Å². The zero-order chi connectivity index (χ0) is 19.8. The number of aliphatic imine (C=N–C) groups is 1. The number of nitrogens with one attached hydrogen (secondary N) is 1. The minimum Gasteiger partial charge on any atom is -0.376 e. The fourth-order valence-electron chi connectivity index (χ4n) is 4.08. The van der Waals surface area contributed by atoms with Crippen molar-refractivity contribution in [2.75, 3.05) is 39.9 Å². The molecule has 1 aromatic rings. The van der Waals surface area contributed by atoms with Gasteiger partial charge in [-0.05, 0) is 58.4 Å². The molecule has 7 nitrogen and oxygen atoms in total. The van der Waals surface area contributed by atoms with Gasteiger partial charge in [0.2, 0.25) is 0 Å². The third kappa shape index (κ3) is 7.71. The van der Waals surface area contributed by atoms with Crippen molar-refractivity contribution in [2.24, 2.45) is 4.99 Å². The van der Waals surface area contributed by atoms with Crippen molar-refractivity contribution in [1.29, 1.82) is 0 Å². The first kappa shape index (κ1) is 24.4. The minimum absolute atomic E-state index is 0. The Bertz CT molecular complexity index is 623. The van der Waals surface area contributed by atoms with E-state index >= 15 is 0 Å². The van der Waals surface area contributed by atoms with Crippen LogP contribution < -0.4 is 5.32 Å². The molecular weight excluding hydrogens is 481 g/mol. The summed E-state index contributed by atoms with van der Waals surface area (Å²) >= 11 is 0. The molecular formula is C21H38IN5O2. The first-order valence-corrected chi connectivity index (χ1v) is 10.9. The van der Waals surface area contributed by atoms with Crippen LogP contribution in [-0.4, -0.2) is 72.7 Å². The van der Waals surface area contributed by atoms with E-state index in [1.54, 1.807) is 0 Å². The van der Waals surface area contributed by atoms with Crippen molar-refractivity contribution in [2.45, 2.75) is 71.1 Å². The van der Waals surface area contributed by atoms with Crippen molar-refractivity contribution in [1.82, 2.24) is 20.0 Å². The van der Waals surface area contributed by atoms with Crippen LogP contribution >= 0.6 is 24.0 Å². The number of halogens is 1. The Morgan fingerprint density at radius 3 is 2.69 bits per heavy atom. The van der Waals surface area contributed by atoms with Gasteiger partial charge in [0.1, 0.15) is 0 Å². The molecule has 2 saturated heterocycles. The number of aryl methyl sites for hydroxylation is 3. The molecule has 0 aromatic carbocycles. The minimum atomic E-state index is 0. The Hall–Kier alpha value is -0.870. The summed E-state index contributed by atoms with van der Waals surface area (Å²) in [4.78, 5) is 6.82. The highest BCUT2D eigenvalue weighted by Gasteiger charge is 2.23. The number of likely N-dealkylation sites (tertiary alicyclic amines) is 1. The molecule has 1 unspecified atom stereocenters. The number of ether oxygens (including phenoxy) is 2. The third-order valence-corrected chi connectivity index (χ3v) is 5.68. The number of guanidine groups is 1. The van der Waals surface area contributed by atoms with E-state index in [2.05, 4.69) is 38.0 Å². The summed E-state index contributed by atoms with van der Waals surface area (Å²) < 4.78 is 14.0. The third-order valence-electron chi connectivity index (χ3n) is 5.68. The van der Waals surface area contributed by atoms with Crippen molar-refractivity contribution >= 4 is 29.9 Å². The molecule has 166 valence electrons. The zero-order valence-electron chi connectivity index (χ0n) is 18.2. The standard InChI is InChI=1S/C21H37N5O2.HI/c1-17-15-18(2)26(24-17)11-6-10-23-21(22-3)25-12-8-19(9-13-25)28-16-20-7-4-5-14-27-20;/h15,19-20H,4-14,16H2,1-3H3,(H,22,23);1H. The van der Waals surface area contributed by atoms with Gasteiger partial charge < -0.3 is 19.7 Å². The van der Waals surface area contributed by atoms with Crippen LogP contribution in [0.1, 0.15) is 49.9 Å². The Labute approximate surface area is 192 Å². The number of aromatic nitrogens is 2. The van der Waals surface area contributed by atoms with Crippen molar-refractivity contribution in [3.8, 4) is 0 Å². The first-order valence-electron chi connectivity index (χ1n) is 10.9. The highest BCUT2D eigenvalue weighted by atomic mass is 127. The predicted molar refractivity (Wildman–Crippen MR) is 127 cm³/mol. The maximum atomic E-state index is 6.12. The molecule has 8 heteroatoms. The quantitative estimate of drug-likeness (QED) is 0.260. The lowest BCUT2D eigenvalue weighted by Gasteiger charge is -2.35. The van der Waals surface area contributed by atoms with E-state index in [4.69, 9.17) is 9.47 Å². The summed E-state index contributed by atoms with van der Waals surface area (Å²) in [5, 5.41) is 8.03. The van der Waals surface area contributed by atoms with E-state index in [0.717, 1.165) is 76.7 Å². The summed E-state index contributed by atoms with van der Waals surface area (Å²) in [6.07, 6.45) is 7.41. The molecule has 29 heavy (non-hydrogen) atoms. The fraction of sp³-hybridized carbons (Fsp3) is 0.810. The summed E-state index contributed by atoms with van der Waals surface area (Å²) in [5.41, 5.74) is 2.31. The lowest BCUT2D eigenvalue weighted by molar-refractivity contribution is -0.0721. The van der Waals surface area contributed by atoms with E-state index in [0.29, 0.717) is 12.2 Å². The largest absolute Gasteiger partial charge is 0.376 e. The van der Waals surface area contributed by atoms with Gasteiger partial charge in [-0.3, -0.25) is 9.67 Å². The highest BCUT2D eigenvalue weighted by Crippen LogP contribution is 2.18. The van der Waals surface area contributed by atoms with Crippen LogP contribution in [0.25, 0.3) is 0 Å². The lowest BCUT2D eigenvalue weighted by Crippen LogP contribution is -2.47. The number of hydrogen-bond donors (Lipinski definition) is 1. The van der Waals surface area contributed by atoms with Crippen LogP contribution in [-0.2, 0) is 16.0 Å². The van der Waals surface area contributed by atoms with Gasteiger partial charge in [-0.15, -0.1) is 24.0 Å². The molecule has 0 bridgehead atoms. The van der Waals surface area contributed by atoms with Crippen molar-refractivity contribution < 1.29 is 9.47 Å². The van der Waals surface area contributed by atoms with Crippen molar-refractivity contribution in [3.63, 3.8) is 0 Å². The first-order chi connectivity index (χ1) is 13.7. The zero-order valence-corrected chi connectivity index (χ0v) is 20.6.